The van der Waals surface area contributed by atoms with E-state index in [-0.39, 0.29) is 30.0 Å². The summed E-state index contributed by atoms with van der Waals surface area (Å²) in [5.41, 5.74) is 0.226. The van der Waals surface area contributed by atoms with Crippen LogP contribution in [0.4, 0.5) is 0 Å². The monoisotopic (exact) mass is 415 g/mol. The Labute approximate surface area is 176 Å². The average Bonchev–Trinajstić information content (AvgIpc) is 3.27. The van der Waals surface area contributed by atoms with Crippen LogP contribution in [0.5, 0.6) is 11.5 Å². The van der Waals surface area contributed by atoms with E-state index in [4.69, 9.17) is 14.0 Å². The van der Waals surface area contributed by atoms with Gasteiger partial charge in [0.05, 0.1) is 13.0 Å². The van der Waals surface area contributed by atoms with Gasteiger partial charge in [0.2, 0.25) is 5.91 Å². The fourth-order valence-corrected chi connectivity index (χ4v) is 3.69. The second-order valence-electron chi connectivity index (χ2n) is 7.22. The zero-order chi connectivity index (χ0) is 21.5. The number of benzene rings is 1. The molecule has 2 amide bonds. The summed E-state index contributed by atoms with van der Waals surface area (Å²) in [7, 11) is 1.57. The van der Waals surface area contributed by atoms with E-state index in [9.17, 15) is 9.59 Å². The Morgan fingerprint density at radius 1 is 1.23 bits per heavy atom. The number of para-hydroxylation sites is 2. The van der Waals surface area contributed by atoms with Crippen LogP contribution in [0.15, 0.2) is 34.9 Å². The molecule has 0 bridgehead atoms. The summed E-state index contributed by atoms with van der Waals surface area (Å²) in [5, 5.41) is 3.91. The Balaban J connectivity index is 1.60. The largest absolute Gasteiger partial charge is 0.493 e. The van der Waals surface area contributed by atoms with E-state index >= 15 is 0 Å². The number of carbonyl (C=O) groups excluding carboxylic acids is 2. The summed E-state index contributed by atoms with van der Waals surface area (Å²) in [6.45, 7) is 6.45. The van der Waals surface area contributed by atoms with Crippen LogP contribution < -0.4 is 9.47 Å². The molecule has 2 aromatic rings. The van der Waals surface area contributed by atoms with Crippen LogP contribution in [0.1, 0.15) is 42.9 Å². The van der Waals surface area contributed by atoms with Crippen molar-refractivity contribution in [1.82, 2.24) is 15.0 Å². The van der Waals surface area contributed by atoms with Crippen molar-refractivity contribution in [2.45, 2.75) is 33.3 Å². The smallest absolute Gasteiger partial charge is 0.276 e. The molecule has 8 nitrogen and oxygen atoms in total. The van der Waals surface area contributed by atoms with Gasteiger partial charge in [0, 0.05) is 32.2 Å². The summed E-state index contributed by atoms with van der Waals surface area (Å²) >= 11 is 0. The van der Waals surface area contributed by atoms with Crippen LogP contribution in [0, 0.1) is 5.92 Å². The molecule has 3 rings (SSSR count). The highest BCUT2D eigenvalue weighted by Gasteiger charge is 2.31. The predicted octanol–water partition coefficient (Wildman–Crippen LogP) is 2.98. The third kappa shape index (κ3) is 4.93. The van der Waals surface area contributed by atoms with Gasteiger partial charge in [-0.05, 0) is 38.8 Å². The summed E-state index contributed by atoms with van der Waals surface area (Å²) in [5.74, 6) is 1.37. The second kappa shape index (κ2) is 10.1. The molecule has 1 saturated heterocycles. The number of carbonyl (C=O) groups is 2. The van der Waals surface area contributed by atoms with Crippen LogP contribution >= 0.6 is 0 Å². The molecule has 8 heteroatoms. The van der Waals surface area contributed by atoms with Gasteiger partial charge in [0.1, 0.15) is 6.61 Å². The minimum atomic E-state index is -0.223. The highest BCUT2D eigenvalue weighted by Crippen LogP contribution is 2.27. The van der Waals surface area contributed by atoms with Crippen molar-refractivity contribution in [2.24, 2.45) is 5.92 Å². The summed E-state index contributed by atoms with van der Waals surface area (Å²) < 4.78 is 16.3. The highest BCUT2D eigenvalue weighted by atomic mass is 16.5. The molecule has 162 valence electrons. The van der Waals surface area contributed by atoms with Crippen LogP contribution in [0.25, 0.3) is 0 Å². The molecule has 1 aliphatic heterocycles. The van der Waals surface area contributed by atoms with Gasteiger partial charge in [0.15, 0.2) is 23.0 Å². The number of hydrogen-bond acceptors (Lipinski definition) is 6. The maximum Gasteiger partial charge on any atom is 0.276 e. The number of methoxy groups -OCH3 is 1. The average molecular weight is 415 g/mol. The standard InChI is InChI=1S/C22H29N3O5/c1-4-24(5-2)21(26)16-9-8-12-25(14-16)22(27)18-13-17(30-23-18)15-29-20-11-7-6-10-19(20)28-3/h6-7,10-11,13,16H,4-5,8-9,12,14-15H2,1-3H3/t16-/m1/s1. The summed E-state index contributed by atoms with van der Waals surface area (Å²) in [6, 6.07) is 8.89. The predicted molar refractivity (Wildman–Crippen MR) is 110 cm³/mol. The van der Waals surface area contributed by atoms with Crippen molar-refractivity contribution in [3.63, 3.8) is 0 Å². The molecule has 1 atom stereocenters. The molecular weight excluding hydrogens is 386 g/mol. The van der Waals surface area contributed by atoms with Gasteiger partial charge in [-0.2, -0.15) is 0 Å². The van der Waals surface area contributed by atoms with E-state index in [1.165, 1.54) is 0 Å². The number of ether oxygens (including phenoxy) is 2. The second-order valence-corrected chi connectivity index (χ2v) is 7.22. The molecule has 0 N–H and O–H groups in total. The van der Waals surface area contributed by atoms with Gasteiger partial charge in [-0.1, -0.05) is 17.3 Å². The number of aromatic nitrogens is 1. The van der Waals surface area contributed by atoms with Crippen molar-refractivity contribution in [3.05, 3.63) is 41.8 Å². The fraction of sp³-hybridized carbons (Fsp3) is 0.500. The minimum absolute atomic E-state index is 0.114. The maximum atomic E-state index is 12.9. The van der Waals surface area contributed by atoms with Crippen molar-refractivity contribution >= 4 is 11.8 Å². The first-order chi connectivity index (χ1) is 14.6. The highest BCUT2D eigenvalue weighted by molar-refractivity contribution is 5.92. The molecule has 1 fully saturated rings. The number of likely N-dealkylation sites (tertiary alicyclic amines) is 1. The Morgan fingerprint density at radius 3 is 2.67 bits per heavy atom. The SMILES string of the molecule is CCN(CC)C(=O)[C@@H]1CCCN(C(=O)c2cc(COc3ccccc3OC)on2)C1. The van der Waals surface area contributed by atoms with Crippen molar-refractivity contribution in [3.8, 4) is 11.5 Å². The van der Waals surface area contributed by atoms with Gasteiger partial charge >= 0.3 is 0 Å². The molecule has 1 aliphatic rings. The topological polar surface area (TPSA) is 85.1 Å². The van der Waals surface area contributed by atoms with Gasteiger partial charge in [-0.15, -0.1) is 0 Å². The summed E-state index contributed by atoms with van der Waals surface area (Å²) in [4.78, 5) is 29.1. The lowest BCUT2D eigenvalue weighted by Crippen LogP contribution is -2.46. The van der Waals surface area contributed by atoms with E-state index in [1.54, 1.807) is 30.2 Å². The van der Waals surface area contributed by atoms with Crippen molar-refractivity contribution in [2.75, 3.05) is 33.3 Å². The quantitative estimate of drug-likeness (QED) is 0.659. The van der Waals surface area contributed by atoms with E-state index in [1.807, 2.05) is 30.9 Å². The molecule has 1 aromatic heterocycles. The first-order valence-corrected chi connectivity index (χ1v) is 10.4. The fourth-order valence-electron chi connectivity index (χ4n) is 3.69. The van der Waals surface area contributed by atoms with Crippen molar-refractivity contribution in [1.29, 1.82) is 0 Å². The molecular formula is C22H29N3O5. The Morgan fingerprint density at radius 2 is 1.97 bits per heavy atom. The Bertz CT molecular complexity index is 862. The lowest BCUT2D eigenvalue weighted by atomic mass is 9.96. The molecule has 0 spiro atoms. The van der Waals surface area contributed by atoms with E-state index in [0.717, 1.165) is 12.8 Å². The molecule has 2 heterocycles. The first-order valence-electron chi connectivity index (χ1n) is 10.4. The zero-order valence-corrected chi connectivity index (χ0v) is 17.8. The molecule has 0 aliphatic carbocycles. The van der Waals surface area contributed by atoms with Gasteiger partial charge < -0.3 is 23.8 Å². The number of nitrogens with zero attached hydrogens (tertiary/aromatic N) is 3. The van der Waals surface area contributed by atoms with E-state index in [2.05, 4.69) is 5.16 Å². The maximum absolute atomic E-state index is 12.9. The number of piperidine rings is 1. The molecule has 0 radical (unpaired) electrons. The molecule has 1 aromatic carbocycles. The third-order valence-corrected chi connectivity index (χ3v) is 5.35. The van der Waals surface area contributed by atoms with Crippen molar-refractivity contribution < 1.29 is 23.6 Å². The van der Waals surface area contributed by atoms with E-state index in [0.29, 0.717) is 43.4 Å². The van der Waals surface area contributed by atoms with Gasteiger partial charge in [-0.3, -0.25) is 9.59 Å². The molecule has 30 heavy (non-hydrogen) atoms. The van der Waals surface area contributed by atoms with Gasteiger partial charge in [0.25, 0.3) is 5.91 Å². The van der Waals surface area contributed by atoms with Gasteiger partial charge in [-0.25, -0.2) is 0 Å². The Kier molecular flexibility index (Phi) is 7.32. The van der Waals surface area contributed by atoms with Crippen LogP contribution in [-0.2, 0) is 11.4 Å². The number of rotatable bonds is 8. The Hall–Kier alpha value is -3.03. The van der Waals surface area contributed by atoms with Crippen LogP contribution in [0.3, 0.4) is 0 Å². The number of hydrogen-bond donors (Lipinski definition) is 0. The minimum Gasteiger partial charge on any atom is -0.493 e. The molecule has 0 unspecified atom stereocenters. The lowest BCUT2D eigenvalue weighted by Gasteiger charge is -2.34. The lowest BCUT2D eigenvalue weighted by molar-refractivity contribution is -0.136. The van der Waals surface area contributed by atoms with Crippen LogP contribution in [-0.4, -0.2) is 60.1 Å². The normalized spacial score (nSPS) is 16.2. The number of amides is 2. The first kappa shape index (κ1) is 21.7. The van der Waals surface area contributed by atoms with E-state index < -0.39 is 0 Å². The third-order valence-electron chi connectivity index (χ3n) is 5.35. The molecule has 0 saturated carbocycles. The summed E-state index contributed by atoms with van der Waals surface area (Å²) in [6.07, 6.45) is 1.60. The van der Waals surface area contributed by atoms with Crippen LogP contribution in [0.2, 0.25) is 0 Å². The zero-order valence-electron chi connectivity index (χ0n) is 17.8.